The molecule has 1 unspecified atom stereocenters. The molecule has 0 radical (unpaired) electrons. The summed E-state index contributed by atoms with van der Waals surface area (Å²) in [5, 5.41) is 3.05. The number of ether oxygens (including phenoxy) is 2. The van der Waals surface area contributed by atoms with Crippen LogP contribution in [0.15, 0.2) is 46.9 Å². The third-order valence-electron chi connectivity index (χ3n) is 4.20. The van der Waals surface area contributed by atoms with E-state index in [4.69, 9.17) is 9.47 Å². The Labute approximate surface area is 156 Å². The van der Waals surface area contributed by atoms with Gasteiger partial charge in [-0.05, 0) is 48.7 Å². The Hall–Kier alpha value is -2.01. The molecule has 1 aliphatic heterocycles. The van der Waals surface area contributed by atoms with Crippen LogP contribution in [0.2, 0.25) is 0 Å². The van der Waals surface area contributed by atoms with Gasteiger partial charge in [-0.2, -0.15) is 0 Å². The molecule has 1 heterocycles. The molecule has 1 N–H and O–H groups in total. The van der Waals surface area contributed by atoms with Crippen molar-refractivity contribution in [2.45, 2.75) is 32.2 Å². The number of aryl methyl sites for hydroxylation is 1. The molecule has 1 atom stereocenters. The van der Waals surface area contributed by atoms with Crippen molar-refractivity contribution in [3.63, 3.8) is 0 Å². The van der Waals surface area contributed by atoms with Crippen molar-refractivity contribution in [2.24, 2.45) is 0 Å². The Morgan fingerprint density at radius 3 is 2.60 bits per heavy atom. The van der Waals surface area contributed by atoms with Gasteiger partial charge in [0.15, 0.2) is 11.5 Å². The van der Waals surface area contributed by atoms with Gasteiger partial charge in [-0.25, -0.2) is 0 Å². The number of hydrogen-bond donors (Lipinski definition) is 1. The molecular weight excluding hydrogens is 382 g/mol. The first kappa shape index (κ1) is 17.8. The lowest BCUT2D eigenvalue weighted by Gasteiger charge is -2.15. The summed E-state index contributed by atoms with van der Waals surface area (Å²) in [5.41, 5.74) is 2.17. The van der Waals surface area contributed by atoms with Crippen molar-refractivity contribution >= 4 is 21.8 Å². The van der Waals surface area contributed by atoms with Crippen LogP contribution < -0.4 is 14.8 Å². The fourth-order valence-corrected chi connectivity index (χ4v) is 3.03. The predicted molar refractivity (Wildman–Crippen MR) is 101 cm³/mol. The Kier molecular flexibility index (Phi) is 5.97. The van der Waals surface area contributed by atoms with E-state index in [1.165, 1.54) is 0 Å². The van der Waals surface area contributed by atoms with Gasteiger partial charge < -0.3 is 14.8 Å². The lowest BCUT2D eigenvalue weighted by Crippen LogP contribution is -2.26. The molecule has 25 heavy (non-hydrogen) atoms. The molecule has 3 rings (SSSR count). The largest absolute Gasteiger partial charge is 0.490 e. The molecule has 2 aromatic carbocycles. The second kappa shape index (κ2) is 8.39. The van der Waals surface area contributed by atoms with Gasteiger partial charge in [-0.15, -0.1) is 0 Å². The molecule has 2 aromatic rings. The lowest BCUT2D eigenvalue weighted by molar-refractivity contribution is -0.121. The number of hydrogen-bond acceptors (Lipinski definition) is 3. The molecule has 0 spiro atoms. The predicted octanol–water partition coefficient (Wildman–Crippen LogP) is 4.42. The molecule has 0 aromatic heterocycles. The Bertz CT molecular complexity index is 730. The fourth-order valence-electron chi connectivity index (χ4n) is 2.77. The Morgan fingerprint density at radius 1 is 1.12 bits per heavy atom. The summed E-state index contributed by atoms with van der Waals surface area (Å²) in [5.74, 6) is 1.61. The van der Waals surface area contributed by atoms with Gasteiger partial charge >= 0.3 is 0 Å². The van der Waals surface area contributed by atoms with Crippen molar-refractivity contribution in [1.29, 1.82) is 0 Å². The molecule has 1 aliphatic rings. The van der Waals surface area contributed by atoms with Gasteiger partial charge in [0, 0.05) is 17.3 Å². The van der Waals surface area contributed by atoms with E-state index in [0.717, 1.165) is 33.5 Å². The standard InChI is InChI=1S/C20H22BrNO3/c1-14(16-5-7-17(21)8-6-16)22-20(23)10-4-15-3-9-18-19(13-15)25-12-2-11-24-18/h3,5-9,13-14H,2,4,10-12H2,1H3,(H,22,23). The van der Waals surface area contributed by atoms with E-state index in [0.29, 0.717) is 26.1 Å². The van der Waals surface area contributed by atoms with Gasteiger partial charge in [0.2, 0.25) is 5.91 Å². The third kappa shape index (κ3) is 4.98. The Morgan fingerprint density at radius 2 is 1.84 bits per heavy atom. The van der Waals surface area contributed by atoms with Crippen molar-refractivity contribution < 1.29 is 14.3 Å². The van der Waals surface area contributed by atoms with Crippen LogP contribution in [0.4, 0.5) is 0 Å². The monoisotopic (exact) mass is 403 g/mol. The number of carbonyl (C=O) groups excluding carboxylic acids is 1. The van der Waals surface area contributed by atoms with Gasteiger partial charge in [0.05, 0.1) is 19.3 Å². The van der Waals surface area contributed by atoms with Gasteiger partial charge in [-0.1, -0.05) is 34.1 Å². The van der Waals surface area contributed by atoms with E-state index in [2.05, 4.69) is 21.2 Å². The van der Waals surface area contributed by atoms with Crippen LogP contribution in [0.3, 0.4) is 0 Å². The molecule has 5 heteroatoms. The van der Waals surface area contributed by atoms with E-state index in [1.807, 2.05) is 49.4 Å². The summed E-state index contributed by atoms with van der Waals surface area (Å²) >= 11 is 3.42. The zero-order valence-corrected chi connectivity index (χ0v) is 15.8. The summed E-state index contributed by atoms with van der Waals surface area (Å²) in [6.07, 6.45) is 2.01. The molecule has 0 aliphatic carbocycles. The maximum Gasteiger partial charge on any atom is 0.220 e. The van der Waals surface area contributed by atoms with Crippen LogP contribution in [0.25, 0.3) is 0 Å². The van der Waals surface area contributed by atoms with E-state index in [9.17, 15) is 4.79 Å². The fraction of sp³-hybridized carbons (Fsp3) is 0.350. The summed E-state index contributed by atoms with van der Waals surface area (Å²) in [6.45, 7) is 3.35. The second-order valence-electron chi connectivity index (χ2n) is 6.17. The smallest absolute Gasteiger partial charge is 0.220 e. The second-order valence-corrected chi connectivity index (χ2v) is 7.09. The molecule has 0 fully saturated rings. The number of fused-ring (bicyclic) bond motifs is 1. The average Bonchev–Trinajstić information content (AvgIpc) is 2.85. The molecule has 132 valence electrons. The van der Waals surface area contributed by atoms with Gasteiger partial charge in [-0.3, -0.25) is 4.79 Å². The maximum atomic E-state index is 12.2. The summed E-state index contributed by atoms with van der Waals surface area (Å²) in [6, 6.07) is 13.9. The van der Waals surface area contributed by atoms with Gasteiger partial charge in [0.25, 0.3) is 0 Å². The zero-order valence-electron chi connectivity index (χ0n) is 14.3. The molecule has 0 saturated heterocycles. The first-order chi connectivity index (χ1) is 12.1. The minimum absolute atomic E-state index is 0.00983. The SMILES string of the molecule is CC(NC(=O)CCc1ccc2c(c1)OCCCO2)c1ccc(Br)cc1. The molecule has 0 saturated carbocycles. The van der Waals surface area contributed by atoms with Crippen molar-refractivity contribution in [2.75, 3.05) is 13.2 Å². The summed E-state index contributed by atoms with van der Waals surface area (Å²) in [7, 11) is 0. The van der Waals surface area contributed by atoms with Crippen LogP contribution in [-0.4, -0.2) is 19.1 Å². The lowest BCUT2D eigenvalue weighted by atomic mass is 10.1. The molecule has 4 nitrogen and oxygen atoms in total. The topological polar surface area (TPSA) is 47.6 Å². The molecule has 1 amide bonds. The van der Waals surface area contributed by atoms with Crippen molar-refractivity contribution in [3.05, 3.63) is 58.1 Å². The highest BCUT2D eigenvalue weighted by atomic mass is 79.9. The third-order valence-corrected chi connectivity index (χ3v) is 4.73. The zero-order chi connectivity index (χ0) is 17.6. The molecular formula is C20H22BrNO3. The minimum Gasteiger partial charge on any atom is -0.490 e. The number of nitrogens with one attached hydrogen (secondary N) is 1. The van der Waals surface area contributed by atoms with Gasteiger partial charge in [0.1, 0.15) is 0 Å². The highest BCUT2D eigenvalue weighted by Crippen LogP contribution is 2.30. The number of halogens is 1. The van der Waals surface area contributed by atoms with E-state index in [-0.39, 0.29) is 11.9 Å². The van der Waals surface area contributed by atoms with Crippen LogP contribution in [0.5, 0.6) is 11.5 Å². The van der Waals surface area contributed by atoms with Crippen LogP contribution >= 0.6 is 15.9 Å². The van der Waals surface area contributed by atoms with Crippen molar-refractivity contribution in [3.8, 4) is 11.5 Å². The van der Waals surface area contributed by atoms with E-state index >= 15 is 0 Å². The maximum absolute atomic E-state index is 12.2. The number of rotatable bonds is 5. The number of benzene rings is 2. The first-order valence-corrected chi connectivity index (χ1v) is 9.34. The van der Waals surface area contributed by atoms with Crippen molar-refractivity contribution in [1.82, 2.24) is 5.32 Å². The van der Waals surface area contributed by atoms with E-state index in [1.54, 1.807) is 0 Å². The quantitative estimate of drug-likeness (QED) is 0.803. The Balaban J connectivity index is 1.53. The number of amides is 1. The first-order valence-electron chi connectivity index (χ1n) is 8.55. The van der Waals surface area contributed by atoms with Crippen LogP contribution in [0, 0.1) is 0 Å². The van der Waals surface area contributed by atoms with Crippen LogP contribution in [0.1, 0.15) is 36.9 Å². The average molecular weight is 404 g/mol. The number of carbonyl (C=O) groups is 1. The van der Waals surface area contributed by atoms with Crippen LogP contribution in [-0.2, 0) is 11.2 Å². The normalized spacial score (nSPS) is 14.5. The summed E-state index contributed by atoms with van der Waals surface area (Å²) < 4.78 is 12.4. The highest BCUT2D eigenvalue weighted by molar-refractivity contribution is 9.10. The van der Waals surface area contributed by atoms with E-state index < -0.39 is 0 Å². The minimum atomic E-state index is -0.00983. The molecule has 0 bridgehead atoms. The highest BCUT2D eigenvalue weighted by Gasteiger charge is 2.13. The summed E-state index contributed by atoms with van der Waals surface area (Å²) in [4.78, 5) is 12.2.